The van der Waals surface area contributed by atoms with Crippen molar-refractivity contribution in [3.63, 3.8) is 0 Å². The lowest BCUT2D eigenvalue weighted by Gasteiger charge is -2.35. The number of nitrogens with zero attached hydrogens (tertiary/aromatic N) is 3. The molecule has 0 aromatic carbocycles. The highest BCUT2D eigenvalue weighted by Gasteiger charge is 2.22. The van der Waals surface area contributed by atoms with Gasteiger partial charge in [0.15, 0.2) is 5.96 Å². The molecule has 2 aliphatic heterocycles. The molecule has 2 atom stereocenters. The Kier molecular flexibility index (Phi) is 7.87. The fraction of sp³-hybridized carbons (Fsp3) is 0.941. The lowest BCUT2D eigenvalue weighted by atomic mass is 10.1. The summed E-state index contributed by atoms with van der Waals surface area (Å²) >= 11 is 2.11. The van der Waals surface area contributed by atoms with Crippen LogP contribution in [0, 0.1) is 5.92 Å². The first-order valence-electron chi connectivity index (χ1n) is 9.02. The van der Waals surface area contributed by atoms with E-state index in [4.69, 9.17) is 0 Å². The molecule has 2 unspecified atom stereocenters. The zero-order valence-electron chi connectivity index (χ0n) is 14.7. The lowest BCUT2D eigenvalue weighted by Crippen LogP contribution is -2.49. The Morgan fingerprint density at radius 2 is 2.05 bits per heavy atom. The Balaban J connectivity index is 1.73. The molecule has 2 rings (SSSR count). The van der Waals surface area contributed by atoms with E-state index in [9.17, 15) is 0 Å². The van der Waals surface area contributed by atoms with E-state index >= 15 is 0 Å². The molecule has 0 aliphatic carbocycles. The molecule has 2 fully saturated rings. The van der Waals surface area contributed by atoms with Crippen molar-refractivity contribution < 1.29 is 0 Å². The van der Waals surface area contributed by atoms with Crippen molar-refractivity contribution in [2.75, 3.05) is 52.1 Å². The van der Waals surface area contributed by atoms with E-state index in [-0.39, 0.29) is 0 Å². The van der Waals surface area contributed by atoms with Crippen LogP contribution in [0.5, 0.6) is 0 Å². The third-order valence-electron chi connectivity index (χ3n) is 4.73. The molecule has 0 aromatic heterocycles. The zero-order chi connectivity index (χ0) is 15.8. The second-order valence-corrected chi connectivity index (χ2v) is 8.15. The fourth-order valence-electron chi connectivity index (χ4n) is 3.40. The largest absolute Gasteiger partial charge is 0.356 e. The molecule has 0 bridgehead atoms. The van der Waals surface area contributed by atoms with Crippen LogP contribution >= 0.6 is 11.8 Å². The summed E-state index contributed by atoms with van der Waals surface area (Å²) in [5.74, 6) is 3.00. The Morgan fingerprint density at radius 3 is 2.73 bits per heavy atom. The normalized spacial score (nSPS) is 26.0. The third kappa shape index (κ3) is 5.65. The second-order valence-electron chi connectivity index (χ2n) is 6.74. The molecule has 0 amide bonds. The summed E-state index contributed by atoms with van der Waals surface area (Å²) in [4.78, 5) is 9.58. The first kappa shape index (κ1) is 17.9. The second kappa shape index (κ2) is 9.66. The predicted molar refractivity (Wildman–Crippen MR) is 98.9 cm³/mol. The average Bonchev–Trinajstić information content (AvgIpc) is 2.56. The van der Waals surface area contributed by atoms with Gasteiger partial charge in [-0.3, -0.25) is 4.99 Å². The van der Waals surface area contributed by atoms with Crippen molar-refractivity contribution in [2.24, 2.45) is 10.9 Å². The van der Waals surface area contributed by atoms with Crippen molar-refractivity contribution in [3.05, 3.63) is 0 Å². The van der Waals surface area contributed by atoms with E-state index in [1.807, 2.05) is 7.05 Å². The number of rotatable bonds is 5. The summed E-state index contributed by atoms with van der Waals surface area (Å²) in [6.07, 6.45) is 5.43. The number of hydrogen-bond donors (Lipinski definition) is 1. The van der Waals surface area contributed by atoms with Gasteiger partial charge in [-0.1, -0.05) is 20.3 Å². The van der Waals surface area contributed by atoms with Gasteiger partial charge in [-0.2, -0.15) is 11.8 Å². The highest BCUT2D eigenvalue weighted by Crippen LogP contribution is 2.21. The Hall–Kier alpha value is -0.420. The van der Waals surface area contributed by atoms with Crippen LogP contribution in [-0.4, -0.2) is 73.1 Å². The van der Waals surface area contributed by atoms with Crippen molar-refractivity contribution in [1.82, 2.24) is 15.1 Å². The molecule has 128 valence electrons. The molecule has 0 radical (unpaired) electrons. The number of aliphatic imine (C=N–C) groups is 1. The lowest BCUT2D eigenvalue weighted by molar-refractivity contribution is 0.200. The molecule has 0 spiro atoms. The van der Waals surface area contributed by atoms with Gasteiger partial charge in [-0.15, -0.1) is 0 Å². The number of nitrogens with one attached hydrogen (secondary N) is 1. The summed E-state index contributed by atoms with van der Waals surface area (Å²) in [7, 11) is 1.92. The topological polar surface area (TPSA) is 30.9 Å². The minimum atomic E-state index is 0.677. The number of likely N-dealkylation sites (tertiary alicyclic amines) is 1. The van der Waals surface area contributed by atoms with Gasteiger partial charge < -0.3 is 15.1 Å². The highest BCUT2D eigenvalue weighted by molar-refractivity contribution is 8.00. The highest BCUT2D eigenvalue weighted by atomic mass is 32.2. The van der Waals surface area contributed by atoms with E-state index in [1.54, 1.807) is 0 Å². The smallest absolute Gasteiger partial charge is 0.193 e. The molecule has 2 aliphatic rings. The molecule has 4 nitrogen and oxygen atoms in total. The molecule has 2 saturated heterocycles. The fourth-order valence-corrected chi connectivity index (χ4v) is 4.58. The predicted octanol–water partition coefficient (Wildman–Crippen LogP) is 2.51. The van der Waals surface area contributed by atoms with Gasteiger partial charge in [-0.25, -0.2) is 0 Å². The monoisotopic (exact) mass is 326 g/mol. The van der Waals surface area contributed by atoms with Crippen molar-refractivity contribution in [2.45, 2.75) is 44.8 Å². The average molecular weight is 327 g/mol. The first-order valence-corrected chi connectivity index (χ1v) is 10.1. The summed E-state index contributed by atoms with van der Waals surface area (Å²) in [5.41, 5.74) is 0. The summed E-state index contributed by atoms with van der Waals surface area (Å²) in [6.45, 7) is 11.7. The SMILES string of the molecule is CCC1CN(C(=NC)NCC(C)CN2CCCCC2)CCS1. The van der Waals surface area contributed by atoms with Crippen LogP contribution in [0.3, 0.4) is 0 Å². The van der Waals surface area contributed by atoms with E-state index < -0.39 is 0 Å². The molecule has 5 heteroatoms. The maximum absolute atomic E-state index is 4.51. The molecular formula is C17H34N4S. The van der Waals surface area contributed by atoms with Gasteiger partial charge in [0.2, 0.25) is 0 Å². The molecule has 2 heterocycles. The van der Waals surface area contributed by atoms with Gasteiger partial charge >= 0.3 is 0 Å². The summed E-state index contributed by atoms with van der Waals surface area (Å²) in [6, 6.07) is 0. The number of thioether (sulfide) groups is 1. The minimum absolute atomic E-state index is 0.677. The van der Waals surface area contributed by atoms with Gasteiger partial charge in [0.1, 0.15) is 0 Å². The van der Waals surface area contributed by atoms with Crippen LogP contribution in [0.1, 0.15) is 39.5 Å². The van der Waals surface area contributed by atoms with Crippen LogP contribution in [0.2, 0.25) is 0 Å². The van der Waals surface area contributed by atoms with Crippen molar-refractivity contribution in [1.29, 1.82) is 0 Å². The van der Waals surface area contributed by atoms with Crippen LogP contribution in [0.15, 0.2) is 4.99 Å². The van der Waals surface area contributed by atoms with Crippen LogP contribution in [-0.2, 0) is 0 Å². The van der Waals surface area contributed by atoms with E-state index in [0.29, 0.717) is 5.92 Å². The molecule has 0 aromatic rings. The molecular weight excluding hydrogens is 292 g/mol. The standard InChI is InChI=1S/C17H34N4S/c1-4-16-14-21(10-11-22-16)17(18-3)19-12-15(2)13-20-8-6-5-7-9-20/h15-16H,4-14H2,1-3H3,(H,18,19). The van der Waals surface area contributed by atoms with Crippen LogP contribution in [0.4, 0.5) is 0 Å². The number of hydrogen-bond acceptors (Lipinski definition) is 3. The Morgan fingerprint density at radius 1 is 1.27 bits per heavy atom. The molecule has 1 N–H and O–H groups in total. The number of piperidine rings is 1. The molecule has 22 heavy (non-hydrogen) atoms. The Labute approximate surface area is 141 Å². The van der Waals surface area contributed by atoms with Crippen LogP contribution in [0.25, 0.3) is 0 Å². The first-order chi connectivity index (χ1) is 10.7. The maximum atomic E-state index is 4.51. The quantitative estimate of drug-likeness (QED) is 0.621. The third-order valence-corrected chi connectivity index (χ3v) is 6.10. The van der Waals surface area contributed by atoms with Crippen molar-refractivity contribution >= 4 is 17.7 Å². The minimum Gasteiger partial charge on any atom is -0.356 e. The maximum Gasteiger partial charge on any atom is 0.193 e. The summed E-state index contributed by atoms with van der Waals surface area (Å²) < 4.78 is 0. The van der Waals surface area contributed by atoms with E-state index in [1.165, 1.54) is 51.1 Å². The van der Waals surface area contributed by atoms with Crippen LogP contribution < -0.4 is 5.32 Å². The van der Waals surface area contributed by atoms with E-state index in [2.05, 4.69) is 45.7 Å². The van der Waals surface area contributed by atoms with Gasteiger partial charge in [0.05, 0.1) is 0 Å². The van der Waals surface area contributed by atoms with Gasteiger partial charge in [-0.05, 0) is 38.3 Å². The number of guanidine groups is 1. The van der Waals surface area contributed by atoms with Gasteiger partial charge in [0, 0.05) is 44.2 Å². The Bertz CT molecular complexity index is 342. The van der Waals surface area contributed by atoms with Crippen molar-refractivity contribution in [3.8, 4) is 0 Å². The molecule has 0 saturated carbocycles. The summed E-state index contributed by atoms with van der Waals surface area (Å²) in [5, 5.41) is 4.38. The van der Waals surface area contributed by atoms with Gasteiger partial charge in [0.25, 0.3) is 0 Å². The zero-order valence-corrected chi connectivity index (χ0v) is 15.5. The van der Waals surface area contributed by atoms with E-state index in [0.717, 1.165) is 30.8 Å².